The van der Waals surface area contributed by atoms with Crippen molar-refractivity contribution < 1.29 is 28.9 Å². The van der Waals surface area contributed by atoms with Gasteiger partial charge in [0.05, 0.1) is 36.3 Å². The summed E-state index contributed by atoms with van der Waals surface area (Å²) in [6.45, 7) is 21.9. The fraction of sp³-hybridized carbons (Fsp3) is 0.533. The molecule has 0 radical (unpaired) electrons. The number of carbonyl (C=O) groups excluding carboxylic acids is 3. The van der Waals surface area contributed by atoms with Gasteiger partial charge in [-0.1, -0.05) is 91.0 Å². The van der Waals surface area contributed by atoms with Crippen molar-refractivity contribution >= 4 is 17.7 Å². The average molecular weight is 787 g/mol. The third-order valence-corrected chi connectivity index (χ3v) is 9.39. The molecule has 0 aromatic heterocycles. The SMILES string of the molecule is CC(C)(C)N(OCc1ccccc1)C(=O)CN1CCN(CC(=O)N(OCc2ccccc2)C(C)(C)C)CCN(CC(=O)N(OCc2ccccc2)C(C)(C)C)CC1. The number of nitrogens with zero attached hydrogens (tertiary/aromatic N) is 6. The lowest BCUT2D eigenvalue weighted by atomic mass is 10.1. The maximum absolute atomic E-state index is 14.0. The second kappa shape index (κ2) is 21.0. The highest BCUT2D eigenvalue weighted by Gasteiger charge is 2.33. The zero-order valence-electron chi connectivity index (χ0n) is 35.8. The van der Waals surface area contributed by atoms with Crippen molar-refractivity contribution in [1.82, 2.24) is 29.9 Å². The molecule has 1 fully saturated rings. The Labute approximate surface area is 341 Å². The monoisotopic (exact) mass is 787 g/mol. The van der Waals surface area contributed by atoms with Gasteiger partial charge in [-0.2, -0.15) is 0 Å². The number of hydrogen-bond acceptors (Lipinski definition) is 9. The van der Waals surface area contributed by atoms with E-state index in [9.17, 15) is 14.4 Å². The standard InChI is InChI=1S/C45H66N6O6/c1-43(2,3)49(55-34-37-19-13-10-14-20-37)40(52)31-46-25-27-47(32-41(53)50(44(4,5)6)56-35-38-21-15-11-16-22-38)29-30-48(28-26-46)33-42(54)51(45(7,8)9)57-36-39-23-17-12-18-24-39/h10-24H,25-36H2,1-9H3. The predicted octanol–water partition coefficient (Wildman–Crippen LogP) is 6.18. The summed E-state index contributed by atoms with van der Waals surface area (Å²) in [7, 11) is 0. The fourth-order valence-electron chi connectivity index (χ4n) is 6.48. The maximum atomic E-state index is 14.0. The summed E-state index contributed by atoms with van der Waals surface area (Å²) in [6, 6.07) is 29.4. The highest BCUT2D eigenvalue weighted by atomic mass is 16.7. The van der Waals surface area contributed by atoms with Gasteiger partial charge in [0.15, 0.2) is 0 Å². The van der Waals surface area contributed by atoms with Gasteiger partial charge >= 0.3 is 0 Å². The van der Waals surface area contributed by atoms with Crippen LogP contribution in [0.2, 0.25) is 0 Å². The van der Waals surface area contributed by atoms with Gasteiger partial charge in [0, 0.05) is 39.3 Å². The van der Waals surface area contributed by atoms with E-state index < -0.39 is 16.6 Å². The van der Waals surface area contributed by atoms with Gasteiger partial charge in [0.1, 0.15) is 19.8 Å². The number of benzene rings is 3. The first-order valence-corrected chi connectivity index (χ1v) is 20.1. The summed E-state index contributed by atoms with van der Waals surface area (Å²) in [5, 5.41) is 4.43. The first-order chi connectivity index (χ1) is 26.9. The van der Waals surface area contributed by atoms with E-state index in [4.69, 9.17) is 14.5 Å². The summed E-state index contributed by atoms with van der Waals surface area (Å²) in [4.78, 5) is 66.9. The number of amides is 3. The summed E-state index contributed by atoms with van der Waals surface area (Å²) in [5.41, 5.74) is 1.14. The molecule has 0 atom stereocenters. The Morgan fingerprint density at radius 1 is 0.421 bits per heavy atom. The van der Waals surface area contributed by atoms with Gasteiger partial charge in [-0.05, 0) is 79.0 Å². The molecule has 0 N–H and O–H groups in total. The first-order valence-electron chi connectivity index (χ1n) is 20.1. The number of rotatable bonds is 15. The molecule has 0 aliphatic carbocycles. The molecule has 1 heterocycles. The highest BCUT2D eigenvalue weighted by Crippen LogP contribution is 2.20. The van der Waals surface area contributed by atoms with E-state index in [1.165, 1.54) is 15.2 Å². The molecule has 57 heavy (non-hydrogen) atoms. The Kier molecular flexibility index (Phi) is 16.8. The van der Waals surface area contributed by atoms with Crippen LogP contribution in [0, 0.1) is 0 Å². The van der Waals surface area contributed by atoms with Crippen LogP contribution in [-0.4, -0.2) is 123 Å². The van der Waals surface area contributed by atoms with E-state index in [1.54, 1.807) is 0 Å². The van der Waals surface area contributed by atoms with Crippen molar-refractivity contribution in [1.29, 1.82) is 0 Å². The van der Waals surface area contributed by atoms with E-state index >= 15 is 0 Å². The normalized spacial score (nSPS) is 15.3. The van der Waals surface area contributed by atoms with Crippen LogP contribution < -0.4 is 0 Å². The van der Waals surface area contributed by atoms with Gasteiger partial charge in [-0.15, -0.1) is 0 Å². The van der Waals surface area contributed by atoms with Crippen LogP contribution in [0.25, 0.3) is 0 Å². The van der Waals surface area contributed by atoms with E-state index in [0.29, 0.717) is 39.3 Å². The zero-order chi connectivity index (χ0) is 41.6. The second-order valence-corrected chi connectivity index (χ2v) is 17.7. The quantitative estimate of drug-likeness (QED) is 0.167. The van der Waals surface area contributed by atoms with Gasteiger partial charge in [-0.3, -0.25) is 43.6 Å². The molecule has 1 aliphatic heterocycles. The lowest BCUT2D eigenvalue weighted by Gasteiger charge is -2.36. The minimum Gasteiger partial charge on any atom is -0.292 e. The Bertz CT molecular complexity index is 1460. The van der Waals surface area contributed by atoms with Crippen LogP contribution in [0.5, 0.6) is 0 Å². The molecule has 0 bridgehead atoms. The smallest absolute Gasteiger partial charge is 0.260 e. The minimum absolute atomic E-state index is 0.109. The molecular weight excluding hydrogens is 721 g/mol. The first kappa shape index (κ1) is 45.5. The van der Waals surface area contributed by atoms with Crippen LogP contribution in [0.15, 0.2) is 91.0 Å². The van der Waals surface area contributed by atoms with Crippen molar-refractivity contribution in [2.24, 2.45) is 0 Å². The molecule has 0 unspecified atom stereocenters. The Hall–Kier alpha value is -4.17. The van der Waals surface area contributed by atoms with Gasteiger partial charge in [0.2, 0.25) is 0 Å². The summed E-state index contributed by atoms with van der Waals surface area (Å²) in [6.07, 6.45) is 0. The summed E-state index contributed by atoms with van der Waals surface area (Å²) < 4.78 is 0. The van der Waals surface area contributed by atoms with Crippen LogP contribution >= 0.6 is 0 Å². The molecule has 3 aromatic rings. The van der Waals surface area contributed by atoms with Crippen molar-refractivity contribution in [2.45, 2.75) is 98.8 Å². The second-order valence-electron chi connectivity index (χ2n) is 17.7. The Morgan fingerprint density at radius 2 is 0.632 bits per heavy atom. The molecule has 3 aromatic carbocycles. The van der Waals surface area contributed by atoms with Crippen molar-refractivity contribution in [3.63, 3.8) is 0 Å². The molecule has 3 amide bonds. The molecule has 4 rings (SSSR count). The Balaban J connectivity index is 1.52. The lowest BCUT2D eigenvalue weighted by Crippen LogP contribution is -2.51. The molecule has 1 aliphatic rings. The molecular formula is C45H66N6O6. The maximum Gasteiger partial charge on any atom is 0.260 e. The van der Waals surface area contributed by atoms with Crippen LogP contribution in [-0.2, 0) is 48.7 Å². The lowest BCUT2D eigenvalue weighted by molar-refractivity contribution is -0.221. The van der Waals surface area contributed by atoms with Crippen LogP contribution in [0.1, 0.15) is 79.0 Å². The van der Waals surface area contributed by atoms with Crippen molar-refractivity contribution in [2.75, 3.05) is 58.9 Å². The van der Waals surface area contributed by atoms with E-state index in [-0.39, 0.29) is 57.2 Å². The van der Waals surface area contributed by atoms with Crippen LogP contribution in [0.3, 0.4) is 0 Å². The third kappa shape index (κ3) is 15.3. The highest BCUT2D eigenvalue weighted by molar-refractivity contribution is 5.79. The Morgan fingerprint density at radius 3 is 0.825 bits per heavy atom. The van der Waals surface area contributed by atoms with Gasteiger partial charge < -0.3 is 0 Å². The predicted molar refractivity (Wildman–Crippen MR) is 223 cm³/mol. The molecule has 0 saturated carbocycles. The van der Waals surface area contributed by atoms with E-state index in [2.05, 4.69) is 14.7 Å². The zero-order valence-corrected chi connectivity index (χ0v) is 35.8. The molecule has 12 heteroatoms. The summed E-state index contributed by atoms with van der Waals surface area (Å²) >= 11 is 0. The molecule has 312 valence electrons. The fourth-order valence-corrected chi connectivity index (χ4v) is 6.48. The summed E-state index contributed by atoms with van der Waals surface area (Å²) in [5.74, 6) is -0.488. The van der Waals surface area contributed by atoms with E-state index in [0.717, 1.165) is 16.7 Å². The molecule has 12 nitrogen and oxygen atoms in total. The number of hydroxylamine groups is 6. The molecule has 0 spiro atoms. The average Bonchev–Trinajstić information content (AvgIpc) is 3.22. The topological polar surface area (TPSA) is 98.3 Å². The van der Waals surface area contributed by atoms with Crippen LogP contribution in [0.4, 0.5) is 0 Å². The van der Waals surface area contributed by atoms with Crippen molar-refractivity contribution in [3.8, 4) is 0 Å². The largest absolute Gasteiger partial charge is 0.292 e. The third-order valence-electron chi connectivity index (χ3n) is 9.39. The molecule has 1 saturated heterocycles. The van der Waals surface area contributed by atoms with Gasteiger partial charge in [-0.25, -0.2) is 15.2 Å². The number of carbonyl (C=O) groups is 3. The van der Waals surface area contributed by atoms with Crippen molar-refractivity contribution in [3.05, 3.63) is 108 Å². The minimum atomic E-state index is -0.589. The van der Waals surface area contributed by atoms with Gasteiger partial charge in [0.25, 0.3) is 17.7 Å². The number of hydrogen-bond donors (Lipinski definition) is 0. The van der Waals surface area contributed by atoms with E-state index in [1.807, 2.05) is 153 Å².